The molecule has 0 aliphatic rings. The number of amides is 1. The van der Waals surface area contributed by atoms with Crippen molar-refractivity contribution < 1.29 is 13.2 Å². The predicted molar refractivity (Wildman–Crippen MR) is 64.2 cm³/mol. The molecule has 2 N–H and O–H groups in total. The van der Waals surface area contributed by atoms with Crippen molar-refractivity contribution in [2.75, 3.05) is 5.32 Å². The Kier molecular flexibility index (Phi) is 4.71. The van der Waals surface area contributed by atoms with E-state index in [1.807, 2.05) is 6.07 Å². The Morgan fingerprint density at radius 3 is 2.72 bits per heavy atom. The van der Waals surface area contributed by atoms with Crippen LogP contribution in [0.2, 0.25) is 0 Å². The zero-order valence-corrected chi connectivity index (χ0v) is 11.3. The Morgan fingerprint density at radius 1 is 1.56 bits per heavy atom. The van der Waals surface area contributed by atoms with Crippen molar-refractivity contribution in [3.63, 3.8) is 0 Å². The normalized spacial score (nSPS) is 12.7. The molecule has 1 aromatic heterocycles. The Labute approximate surface area is 108 Å². The highest BCUT2D eigenvalue weighted by molar-refractivity contribution is 7.91. The number of nitrogens with one attached hydrogen (secondary N) is 2. The number of sulfonamides is 1. The van der Waals surface area contributed by atoms with Gasteiger partial charge in [-0.05, 0) is 6.42 Å². The minimum atomic E-state index is -3.88. The number of carbonyl (C=O) groups excluding carboxylic acids is 1. The van der Waals surface area contributed by atoms with E-state index < -0.39 is 16.1 Å². The molecule has 0 saturated heterocycles. The van der Waals surface area contributed by atoms with Gasteiger partial charge in [-0.25, -0.2) is 8.42 Å². The summed E-state index contributed by atoms with van der Waals surface area (Å²) in [5, 5.41) is 18.1. The molecule has 0 spiro atoms. The van der Waals surface area contributed by atoms with E-state index in [1.165, 1.54) is 6.92 Å². The van der Waals surface area contributed by atoms with Gasteiger partial charge >= 0.3 is 0 Å². The van der Waals surface area contributed by atoms with E-state index >= 15 is 0 Å². The number of nitrogens with zero attached hydrogens (tertiary/aromatic N) is 3. The highest BCUT2D eigenvalue weighted by Gasteiger charge is 2.23. The lowest BCUT2D eigenvalue weighted by atomic mass is 10.3. The lowest BCUT2D eigenvalue weighted by molar-refractivity contribution is -0.114. The van der Waals surface area contributed by atoms with Crippen LogP contribution in [0.4, 0.5) is 5.13 Å². The summed E-state index contributed by atoms with van der Waals surface area (Å²) in [5.74, 6) is -0.369. The van der Waals surface area contributed by atoms with Crippen molar-refractivity contribution in [3.8, 4) is 6.07 Å². The summed E-state index contributed by atoms with van der Waals surface area (Å²) in [6.07, 6.45) is 0.340. The number of anilines is 1. The van der Waals surface area contributed by atoms with Gasteiger partial charge in [-0.2, -0.15) is 9.98 Å². The van der Waals surface area contributed by atoms with Gasteiger partial charge in [-0.15, -0.1) is 10.2 Å². The predicted octanol–water partition coefficient (Wildman–Crippen LogP) is 0.0770. The Morgan fingerprint density at radius 2 is 2.22 bits per heavy atom. The Bertz CT molecular complexity index is 574. The minimum Gasteiger partial charge on any atom is -0.301 e. The van der Waals surface area contributed by atoms with E-state index in [2.05, 4.69) is 20.2 Å². The van der Waals surface area contributed by atoms with Crippen molar-refractivity contribution in [2.45, 2.75) is 30.6 Å². The number of aromatic nitrogens is 2. The van der Waals surface area contributed by atoms with Crippen LogP contribution in [0.15, 0.2) is 4.34 Å². The molecule has 0 aliphatic carbocycles. The fourth-order valence-electron chi connectivity index (χ4n) is 0.958. The van der Waals surface area contributed by atoms with Crippen molar-refractivity contribution in [1.29, 1.82) is 5.26 Å². The van der Waals surface area contributed by atoms with Gasteiger partial charge in [0.15, 0.2) is 0 Å². The molecule has 0 aliphatic heterocycles. The van der Waals surface area contributed by atoms with Crippen LogP contribution in [0.25, 0.3) is 0 Å². The molecule has 0 radical (unpaired) electrons. The molecule has 0 fully saturated rings. The molecule has 10 heteroatoms. The first kappa shape index (κ1) is 14.5. The summed E-state index contributed by atoms with van der Waals surface area (Å²) in [6.45, 7) is 2.95. The minimum absolute atomic E-state index is 0.0906. The van der Waals surface area contributed by atoms with Crippen LogP contribution < -0.4 is 10.0 Å². The molecule has 0 aromatic carbocycles. The summed E-state index contributed by atoms with van der Waals surface area (Å²) < 4.78 is 25.5. The summed E-state index contributed by atoms with van der Waals surface area (Å²) in [7, 11) is -3.88. The molecule has 1 aromatic rings. The fraction of sp³-hybridized carbons (Fsp3) is 0.500. The third kappa shape index (κ3) is 3.73. The lowest BCUT2D eigenvalue weighted by Crippen LogP contribution is -2.33. The van der Waals surface area contributed by atoms with Gasteiger partial charge in [-0.3, -0.25) is 4.79 Å². The Hall–Kier alpha value is -1.57. The molecule has 8 nitrogen and oxygen atoms in total. The highest BCUT2D eigenvalue weighted by Crippen LogP contribution is 2.19. The van der Waals surface area contributed by atoms with E-state index in [-0.39, 0.29) is 15.4 Å². The first-order valence-electron chi connectivity index (χ1n) is 4.92. The van der Waals surface area contributed by atoms with Gasteiger partial charge in [0.2, 0.25) is 15.4 Å². The zero-order chi connectivity index (χ0) is 13.8. The Balaban J connectivity index is 2.89. The van der Waals surface area contributed by atoms with Crippen LogP contribution in [0.1, 0.15) is 20.3 Å². The molecule has 1 unspecified atom stereocenters. The number of hydrogen-bond acceptors (Lipinski definition) is 7. The molecule has 1 rings (SSSR count). The number of hydrogen-bond donors (Lipinski definition) is 2. The average Bonchev–Trinajstić information content (AvgIpc) is 2.74. The largest absolute Gasteiger partial charge is 0.301 e. The van der Waals surface area contributed by atoms with E-state index in [1.54, 1.807) is 6.92 Å². The topological polar surface area (TPSA) is 125 Å². The monoisotopic (exact) mass is 289 g/mol. The molecule has 98 valence electrons. The quantitative estimate of drug-likeness (QED) is 0.739. The SMILES string of the molecule is CCC(C#N)NS(=O)(=O)c1nnc(NC(C)=O)s1. The summed E-state index contributed by atoms with van der Waals surface area (Å²) >= 11 is 0.717. The van der Waals surface area contributed by atoms with Crippen molar-refractivity contribution >= 4 is 32.4 Å². The van der Waals surface area contributed by atoms with Gasteiger partial charge in [-0.1, -0.05) is 18.3 Å². The van der Waals surface area contributed by atoms with Crippen molar-refractivity contribution in [3.05, 3.63) is 0 Å². The molecule has 18 heavy (non-hydrogen) atoms. The van der Waals surface area contributed by atoms with E-state index in [0.717, 1.165) is 11.3 Å². The van der Waals surface area contributed by atoms with Crippen molar-refractivity contribution in [1.82, 2.24) is 14.9 Å². The van der Waals surface area contributed by atoms with Crippen LogP contribution in [-0.2, 0) is 14.8 Å². The standard InChI is InChI=1S/C8H11N5O3S2/c1-3-6(4-9)13-18(15,16)8-12-11-7(17-8)10-5(2)14/h6,13H,3H2,1-2H3,(H,10,11,14). The molecular weight excluding hydrogens is 278 g/mol. The van der Waals surface area contributed by atoms with E-state index in [4.69, 9.17) is 5.26 Å². The molecule has 1 amide bonds. The molecule has 0 bridgehead atoms. The van der Waals surface area contributed by atoms with Crippen LogP contribution >= 0.6 is 11.3 Å². The van der Waals surface area contributed by atoms with Crippen LogP contribution in [0, 0.1) is 11.3 Å². The third-order valence-corrected chi connectivity index (χ3v) is 4.46. The maximum absolute atomic E-state index is 11.8. The fourth-order valence-corrected chi connectivity index (χ4v) is 3.14. The van der Waals surface area contributed by atoms with Gasteiger partial charge in [0, 0.05) is 6.92 Å². The second-order valence-corrected chi connectivity index (χ2v) is 6.13. The molecular formula is C8H11N5O3S2. The average molecular weight is 289 g/mol. The van der Waals surface area contributed by atoms with Crippen molar-refractivity contribution in [2.24, 2.45) is 0 Å². The lowest BCUT2D eigenvalue weighted by Gasteiger charge is -2.06. The van der Waals surface area contributed by atoms with Crippen LogP contribution in [0.3, 0.4) is 0 Å². The molecule has 1 heterocycles. The second-order valence-electron chi connectivity index (χ2n) is 3.27. The van der Waals surface area contributed by atoms with E-state index in [9.17, 15) is 13.2 Å². The van der Waals surface area contributed by atoms with Gasteiger partial charge < -0.3 is 5.32 Å². The van der Waals surface area contributed by atoms with Gasteiger partial charge in [0.25, 0.3) is 10.0 Å². The van der Waals surface area contributed by atoms with E-state index in [0.29, 0.717) is 6.42 Å². The second kappa shape index (κ2) is 5.85. The smallest absolute Gasteiger partial charge is 0.271 e. The summed E-state index contributed by atoms with van der Waals surface area (Å²) in [5.41, 5.74) is 0. The first-order chi connectivity index (χ1) is 8.39. The summed E-state index contributed by atoms with van der Waals surface area (Å²) in [4.78, 5) is 10.8. The van der Waals surface area contributed by atoms with Gasteiger partial charge in [0.1, 0.15) is 6.04 Å². The molecule has 0 saturated carbocycles. The maximum atomic E-state index is 11.8. The number of carbonyl (C=O) groups is 1. The zero-order valence-electron chi connectivity index (χ0n) is 9.67. The third-order valence-electron chi connectivity index (χ3n) is 1.78. The van der Waals surface area contributed by atoms with Gasteiger partial charge in [0.05, 0.1) is 6.07 Å². The van der Waals surface area contributed by atoms with Crippen LogP contribution in [-0.4, -0.2) is 30.6 Å². The molecule has 1 atom stereocenters. The number of nitriles is 1. The maximum Gasteiger partial charge on any atom is 0.271 e. The summed E-state index contributed by atoms with van der Waals surface area (Å²) in [6, 6.07) is 0.996. The highest BCUT2D eigenvalue weighted by atomic mass is 32.2. The van der Waals surface area contributed by atoms with Crippen LogP contribution in [0.5, 0.6) is 0 Å². The number of rotatable bonds is 5. The first-order valence-corrected chi connectivity index (χ1v) is 7.22.